The van der Waals surface area contributed by atoms with Gasteiger partial charge in [0.1, 0.15) is 5.82 Å². The lowest BCUT2D eigenvalue weighted by Crippen LogP contribution is -2.32. The first kappa shape index (κ1) is 19.8. The van der Waals surface area contributed by atoms with Crippen molar-refractivity contribution in [2.75, 3.05) is 17.2 Å². The van der Waals surface area contributed by atoms with E-state index in [1.807, 2.05) is 6.92 Å². The molecule has 1 aromatic heterocycles. The largest absolute Gasteiger partial charge is 0.355 e. The normalized spacial score (nSPS) is 13.4. The molecule has 0 saturated heterocycles. The summed E-state index contributed by atoms with van der Waals surface area (Å²) in [7, 11) is 0. The van der Waals surface area contributed by atoms with E-state index in [4.69, 9.17) is 0 Å². The fourth-order valence-corrected chi connectivity index (χ4v) is 4.26. The summed E-state index contributed by atoms with van der Waals surface area (Å²) in [5.74, 6) is -0.0637. The summed E-state index contributed by atoms with van der Waals surface area (Å²) in [6.45, 7) is 2.33. The number of hydrogen-bond donors (Lipinski definition) is 1. The van der Waals surface area contributed by atoms with Crippen LogP contribution in [0.1, 0.15) is 31.7 Å². The SMILES string of the molecule is CCC(=O)N(c1nnc(SCC(=O)NCCc2ccc(F)cc2)s1)C1CC1. The number of benzene rings is 1. The minimum absolute atomic E-state index is 0.0590. The van der Waals surface area contributed by atoms with E-state index in [1.54, 1.807) is 17.0 Å². The van der Waals surface area contributed by atoms with Gasteiger partial charge in [-0.05, 0) is 37.0 Å². The first-order valence-corrected chi connectivity index (χ1v) is 10.7. The van der Waals surface area contributed by atoms with E-state index in [1.165, 1.54) is 35.2 Å². The summed E-state index contributed by atoms with van der Waals surface area (Å²) in [6, 6.07) is 6.49. The lowest BCUT2D eigenvalue weighted by molar-refractivity contribution is -0.119. The molecule has 9 heteroatoms. The highest BCUT2D eigenvalue weighted by Crippen LogP contribution is 2.36. The van der Waals surface area contributed by atoms with E-state index in [0.717, 1.165) is 18.4 Å². The number of halogens is 1. The minimum Gasteiger partial charge on any atom is -0.355 e. The predicted molar refractivity (Wildman–Crippen MR) is 105 cm³/mol. The van der Waals surface area contributed by atoms with Crippen LogP contribution >= 0.6 is 23.1 Å². The van der Waals surface area contributed by atoms with Gasteiger partial charge >= 0.3 is 0 Å². The number of hydrogen-bond acceptors (Lipinski definition) is 6. The molecule has 0 unspecified atom stereocenters. The molecule has 1 aromatic carbocycles. The van der Waals surface area contributed by atoms with E-state index in [-0.39, 0.29) is 29.4 Å². The molecule has 1 aliphatic rings. The zero-order chi connectivity index (χ0) is 19.2. The van der Waals surface area contributed by atoms with Crippen LogP contribution in [0.25, 0.3) is 0 Å². The van der Waals surface area contributed by atoms with E-state index < -0.39 is 0 Å². The standard InChI is InChI=1S/C18H21FN4O2S2/c1-2-16(25)23(14-7-8-14)17-21-22-18(27-17)26-11-15(24)20-10-9-12-3-5-13(19)6-4-12/h3-6,14H,2,7-11H2,1H3,(H,20,24). The first-order chi connectivity index (χ1) is 13.1. The van der Waals surface area contributed by atoms with Crippen LogP contribution in [0.5, 0.6) is 0 Å². The predicted octanol–water partition coefficient (Wildman–Crippen LogP) is 3.03. The van der Waals surface area contributed by atoms with Crippen LogP contribution < -0.4 is 10.2 Å². The van der Waals surface area contributed by atoms with Gasteiger partial charge in [0.2, 0.25) is 16.9 Å². The Balaban J connectivity index is 1.43. The second-order valence-electron chi connectivity index (χ2n) is 6.21. The summed E-state index contributed by atoms with van der Waals surface area (Å²) in [5.41, 5.74) is 0.971. The molecule has 144 valence electrons. The molecule has 0 bridgehead atoms. The molecular formula is C18H21FN4O2S2. The number of carbonyl (C=O) groups is 2. The summed E-state index contributed by atoms with van der Waals surface area (Å²) in [5, 5.41) is 11.7. The fourth-order valence-electron chi connectivity index (χ4n) is 2.50. The third-order valence-electron chi connectivity index (χ3n) is 4.06. The van der Waals surface area contributed by atoms with Gasteiger partial charge in [-0.3, -0.25) is 14.5 Å². The number of carbonyl (C=O) groups excluding carboxylic acids is 2. The Morgan fingerprint density at radius 1 is 1.30 bits per heavy atom. The van der Waals surface area contributed by atoms with Gasteiger partial charge in [0, 0.05) is 19.0 Å². The van der Waals surface area contributed by atoms with Crippen molar-refractivity contribution in [3.05, 3.63) is 35.6 Å². The van der Waals surface area contributed by atoms with Gasteiger partial charge < -0.3 is 5.32 Å². The molecule has 1 N–H and O–H groups in total. The Kier molecular flexibility index (Phi) is 6.78. The zero-order valence-electron chi connectivity index (χ0n) is 15.0. The van der Waals surface area contributed by atoms with Crippen molar-refractivity contribution in [1.82, 2.24) is 15.5 Å². The Morgan fingerprint density at radius 3 is 2.70 bits per heavy atom. The second kappa shape index (κ2) is 9.27. The van der Waals surface area contributed by atoms with E-state index >= 15 is 0 Å². The molecule has 0 spiro atoms. The molecule has 1 heterocycles. The maximum atomic E-state index is 12.9. The van der Waals surface area contributed by atoms with Crippen LogP contribution in [-0.2, 0) is 16.0 Å². The van der Waals surface area contributed by atoms with E-state index in [9.17, 15) is 14.0 Å². The second-order valence-corrected chi connectivity index (χ2v) is 8.39. The number of rotatable bonds is 9. The molecule has 6 nitrogen and oxygen atoms in total. The smallest absolute Gasteiger partial charge is 0.230 e. The van der Waals surface area contributed by atoms with Crippen molar-refractivity contribution in [1.29, 1.82) is 0 Å². The molecule has 27 heavy (non-hydrogen) atoms. The number of nitrogens with one attached hydrogen (secondary N) is 1. The van der Waals surface area contributed by atoms with Gasteiger partial charge in [0.15, 0.2) is 4.34 Å². The highest BCUT2D eigenvalue weighted by atomic mass is 32.2. The van der Waals surface area contributed by atoms with Crippen molar-refractivity contribution >= 4 is 40.0 Å². The average Bonchev–Trinajstić information content (AvgIpc) is 3.39. The molecule has 1 fully saturated rings. The Bertz CT molecular complexity index is 793. The van der Waals surface area contributed by atoms with Crippen LogP contribution in [0.3, 0.4) is 0 Å². The zero-order valence-corrected chi connectivity index (χ0v) is 16.6. The molecule has 2 amide bonds. The highest BCUT2D eigenvalue weighted by Gasteiger charge is 2.35. The number of aromatic nitrogens is 2. The summed E-state index contributed by atoms with van der Waals surface area (Å²) in [4.78, 5) is 25.8. The molecule has 0 atom stereocenters. The number of thioether (sulfide) groups is 1. The summed E-state index contributed by atoms with van der Waals surface area (Å²) < 4.78 is 13.5. The lowest BCUT2D eigenvalue weighted by atomic mass is 10.1. The third-order valence-corrected chi connectivity index (χ3v) is 6.12. The Morgan fingerprint density at radius 2 is 2.04 bits per heavy atom. The van der Waals surface area contributed by atoms with Crippen molar-refractivity contribution < 1.29 is 14.0 Å². The Hall–Kier alpha value is -2.00. The molecule has 2 aromatic rings. The van der Waals surface area contributed by atoms with Gasteiger partial charge in [-0.2, -0.15) is 0 Å². The monoisotopic (exact) mass is 408 g/mol. The first-order valence-electron chi connectivity index (χ1n) is 8.86. The molecule has 0 aliphatic heterocycles. The number of amides is 2. The molecular weight excluding hydrogens is 387 g/mol. The lowest BCUT2D eigenvalue weighted by Gasteiger charge is -2.17. The van der Waals surface area contributed by atoms with E-state index in [2.05, 4.69) is 15.5 Å². The van der Waals surface area contributed by atoms with Crippen molar-refractivity contribution in [3.63, 3.8) is 0 Å². The topological polar surface area (TPSA) is 75.2 Å². The molecule has 0 radical (unpaired) electrons. The van der Waals surface area contributed by atoms with Crippen LogP contribution in [0, 0.1) is 5.82 Å². The number of anilines is 1. The maximum Gasteiger partial charge on any atom is 0.230 e. The van der Waals surface area contributed by atoms with Crippen LogP contribution in [-0.4, -0.2) is 40.4 Å². The van der Waals surface area contributed by atoms with E-state index in [0.29, 0.717) is 28.9 Å². The number of nitrogens with zero attached hydrogens (tertiary/aromatic N) is 3. The fraction of sp³-hybridized carbons (Fsp3) is 0.444. The van der Waals surface area contributed by atoms with Crippen LogP contribution in [0.2, 0.25) is 0 Å². The quantitative estimate of drug-likeness (QED) is 0.510. The molecule has 3 rings (SSSR count). The summed E-state index contributed by atoms with van der Waals surface area (Å²) >= 11 is 2.66. The van der Waals surface area contributed by atoms with Crippen molar-refractivity contribution in [2.45, 2.75) is 43.0 Å². The van der Waals surface area contributed by atoms with Gasteiger partial charge in [-0.1, -0.05) is 42.2 Å². The van der Waals surface area contributed by atoms with Crippen molar-refractivity contribution in [2.24, 2.45) is 0 Å². The Labute approximate surface area is 165 Å². The summed E-state index contributed by atoms with van der Waals surface area (Å²) in [6.07, 6.45) is 3.10. The molecule has 1 saturated carbocycles. The van der Waals surface area contributed by atoms with Gasteiger partial charge in [0.05, 0.1) is 5.75 Å². The third kappa shape index (κ3) is 5.74. The van der Waals surface area contributed by atoms with Crippen molar-refractivity contribution in [3.8, 4) is 0 Å². The average molecular weight is 409 g/mol. The van der Waals surface area contributed by atoms with Gasteiger partial charge in [0.25, 0.3) is 0 Å². The highest BCUT2D eigenvalue weighted by molar-refractivity contribution is 8.01. The maximum absolute atomic E-state index is 12.9. The van der Waals surface area contributed by atoms with Crippen LogP contribution in [0.15, 0.2) is 28.6 Å². The van der Waals surface area contributed by atoms with Crippen LogP contribution in [0.4, 0.5) is 9.52 Å². The molecule has 1 aliphatic carbocycles. The minimum atomic E-state index is -0.267. The van der Waals surface area contributed by atoms with Gasteiger partial charge in [-0.25, -0.2) is 4.39 Å². The van der Waals surface area contributed by atoms with Gasteiger partial charge in [-0.15, -0.1) is 10.2 Å².